The van der Waals surface area contributed by atoms with Crippen molar-refractivity contribution in [1.82, 2.24) is 4.57 Å². The minimum atomic E-state index is -0.959. The van der Waals surface area contributed by atoms with Crippen LogP contribution >= 0.6 is 0 Å². The monoisotopic (exact) mass is 563 g/mol. The topological polar surface area (TPSA) is 98.0 Å². The molecule has 0 saturated carbocycles. The molecule has 0 radical (unpaired) electrons. The van der Waals surface area contributed by atoms with Gasteiger partial charge in [-0.05, 0) is 60.2 Å². The summed E-state index contributed by atoms with van der Waals surface area (Å²) in [4.78, 5) is 22.4. The Morgan fingerprint density at radius 1 is 0.902 bits per heavy atom. The Morgan fingerprint density at radius 3 is 2.37 bits per heavy atom. The van der Waals surface area contributed by atoms with E-state index in [9.17, 15) is 23.5 Å². The maximum atomic E-state index is 13.4. The van der Waals surface area contributed by atoms with Crippen LogP contribution in [0.15, 0.2) is 60.8 Å². The average Bonchev–Trinajstić information content (AvgIpc) is 3.27. The molecule has 7 nitrogen and oxygen atoms in total. The zero-order chi connectivity index (χ0) is 29.4. The number of para-hydroxylation sites is 1. The van der Waals surface area contributed by atoms with Crippen LogP contribution in [0, 0.1) is 18.6 Å². The molecule has 4 rings (SSSR count). The van der Waals surface area contributed by atoms with E-state index < -0.39 is 23.6 Å². The van der Waals surface area contributed by atoms with E-state index in [1.165, 1.54) is 0 Å². The van der Waals surface area contributed by atoms with E-state index in [0.717, 1.165) is 39.7 Å². The zero-order valence-electron chi connectivity index (χ0n) is 22.6. The molecule has 1 aromatic heterocycles. The Hall–Kier alpha value is -4.66. The molecule has 4 aromatic rings. The van der Waals surface area contributed by atoms with Crippen LogP contribution in [-0.2, 0) is 22.6 Å². The molecule has 0 amide bonds. The second-order valence-corrected chi connectivity index (χ2v) is 9.65. The summed E-state index contributed by atoms with van der Waals surface area (Å²) in [5.74, 6) is -2.68. The Bertz CT molecular complexity index is 1560. The molecule has 0 unspecified atom stereocenters. The molecule has 0 bridgehead atoms. The van der Waals surface area contributed by atoms with Gasteiger partial charge in [-0.25, -0.2) is 8.78 Å². The van der Waals surface area contributed by atoms with Crippen molar-refractivity contribution >= 4 is 35.0 Å². The summed E-state index contributed by atoms with van der Waals surface area (Å²) in [5.41, 5.74) is 4.01. The molecule has 41 heavy (non-hydrogen) atoms. The largest absolute Gasteiger partial charge is 0.493 e. The van der Waals surface area contributed by atoms with Crippen LogP contribution in [0.2, 0.25) is 0 Å². The van der Waals surface area contributed by atoms with Gasteiger partial charge in [0.15, 0.2) is 11.6 Å². The predicted octanol–water partition coefficient (Wildman–Crippen LogP) is 6.74. The molecule has 2 N–H and O–H groups in total. The SMILES string of the molecule is Cc1cc(F)c(F)cc1OCCCOc1ccc(C=Cc2cccc3c(CCCC(=O)O)cn(CC(=O)O)c23)cc1. The molecule has 0 saturated heterocycles. The highest BCUT2D eigenvalue weighted by Crippen LogP contribution is 2.28. The summed E-state index contributed by atoms with van der Waals surface area (Å²) < 4.78 is 39.7. The first-order valence-corrected chi connectivity index (χ1v) is 13.2. The van der Waals surface area contributed by atoms with Crippen molar-refractivity contribution in [1.29, 1.82) is 0 Å². The molecule has 0 atom stereocenters. The van der Waals surface area contributed by atoms with Gasteiger partial charge in [0.2, 0.25) is 0 Å². The van der Waals surface area contributed by atoms with Gasteiger partial charge in [-0.15, -0.1) is 0 Å². The molecular weight excluding hydrogens is 532 g/mol. The van der Waals surface area contributed by atoms with Gasteiger partial charge in [0.25, 0.3) is 0 Å². The lowest BCUT2D eigenvalue weighted by Crippen LogP contribution is -2.07. The van der Waals surface area contributed by atoms with Gasteiger partial charge in [0.1, 0.15) is 18.0 Å². The highest BCUT2D eigenvalue weighted by Gasteiger charge is 2.14. The second-order valence-electron chi connectivity index (χ2n) is 9.65. The van der Waals surface area contributed by atoms with Crippen LogP contribution in [0.3, 0.4) is 0 Å². The molecule has 0 aliphatic rings. The smallest absolute Gasteiger partial charge is 0.323 e. The molecule has 214 valence electrons. The molecule has 3 aromatic carbocycles. The van der Waals surface area contributed by atoms with Crippen molar-refractivity contribution < 1.29 is 38.1 Å². The van der Waals surface area contributed by atoms with Gasteiger partial charge in [-0.3, -0.25) is 9.59 Å². The number of carbonyl (C=O) groups is 2. The molecule has 1 heterocycles. The van der Waals surface area contributed by atoms with Crippen LogP contribution in [0.25, 0.3) is 23.1 Å². The number of aliphatic carboxylic acids is 2. The lowest BCUT2D eigenvalue weighted by Gasteiger charge is -2.10. The van der Waals surface area contributed by atoms with Gasteiger partial charge >= 0.3 is 11.9 Å². The third-order valence-electron chi connectivity index (χ3n) is 6.52. The maximum Gasteiger partial charge on any atom is 0.323 e. The van der Waals surface area contributed by atoms with Gasteiger partial charge in [0.05, 0.1) is 18.7 Å². The number of ether oxygens (including phenoxy) is 2. The van der Waals surface area contributed by atoms with E-state index in [-0.39, 0.29) is 13.0 Å². The molecular formula is C32H31F2NO6. The third kappa shape index (κ3) is 7.94. The quantitative estimate of drug-likeness (QED) is 0.130. The van der Waals surface area contributed by atoms with Crippen molar-refractivity contribution in [2.24, 2.45) is 0 Å². The van der Waals surface area contributed by atoms with E-state index in [1.54, 1.807) is 17.7 Å². The van der Waals surface area contributed by atoms with E-state index in [1.807, 2.05) is 54.6 Å². The lowest BCUT2D eigenvalue weighted by atomic mass is 10.0. The van der Waals surface area contributed by atoms with Gasteiger partial charge < -0.3 is 24.3 Å². The number of benzene rings is 3. The number of hydrogen-bond donors (Lipinski definition) is 2. The average molecular weight is 564 g/mol. The lowest BCUT2D eigenvalue weighted by molar-refractivity contribution is -0.138. The van der Waals surface area contributed by atoms with Crippen LogP contribution < -0.4 is 9.47 Å². The number of aryl methyl sites for hydroxylation is 2. The molecule has 0 aliphatic heterocycles. The highest BCUT2D eigenvalue weighted by atomic mass is 19.2. The van der Waals surface area contributed by atoms with Gasteiger partial charge in [0, 0.05) is 30.5 Å². The van der Waals surface area contributed by atoms with E-state index in [0.29, 0.717) is 49.5 Å². The van der Waals surface area contributed by atoms with Crippen molar-refractivity contribution in [2.45, 2.75) is 39.2 Å². The normalized spacial score (nSPS) is 11.3. The fraction of sp³-hybridized carbons (Fsp3) is 0.250. The number of carboxylic acid groups (broad SMARTS) is 2. The zero-order valence-corrected chi connectivity index (χ0v) is 22.6. The number of aromatic nitrogens is 1. The Balaban J connectivity index is 1.37. The second kappa shape index (κ2) is 13.6. The summed E-state index contributed by atoms with van der Waals surface area (Å²) in [6.45, 7) is 2.14. The van der Waals surface area contributed by atoms with Crippen LogP contribution in [0.4, 0.5) is 8.78 Å². The van der Waals surface area contributed by atoms with E-state index in [2.05, 4.69) is 0 Å². The number of halogens is 2. The summed E-state index contributed by atoms with van der Waals surface area (Å²) in [7, 11) is 0. The first-order valence-electron chi connectivity index (χ1n) is 13.2. The number of hydrogen-bond acceptors (Lipinski definition) is 4. The van der Waals surface area contributed by atoms with Crippen LogP contribution in [0.5, 0.6) is 11.5 Å². The predicted molar refractivity (Wildman–Crippen MR) is 152 cm³/mol. The van der Waals surface area contributed by atoms with Crippen molar-refractivity contribution in [2.75, 3.05) is 13.2 Å². The molecule has 9 heteroatoms. The fourth-order valence-corrected chi connectivity index (χ4v) is 4.57. The summed E-state index contributed by atoms with van der Waals surface area (Å²) in [5, 5.41) is 19.3. The van der Waals surface area contributed by atoms with Crippen LogP contribution in [0.1, 0.15) is 41.5 Å². The fourth-order valence-electron chi connectivity index (χ4n) is 4.57. The third-order valence-corrected chi connectivity index (χ3v) is 6.52. The number of rotatable bonds is 14. The van der Waals surface area contributed by atoms with Gasteiger partial charge in [-0.1, -0.05) is 42.5 Å². The van der Waals surface area contributed by atoms with Crippen LogP contribution in [-0.4, -0.2) is 39.9 Å². The van der Waals surface area contributed by atoms with E-state index in [4.69, 9.17) is 14.6 Å². The Morgan fingerprint density at radius 2 is 1.63 bits per heavy atom. The van der Waals surface area contributed by atoms with E-state index >= 15 is 0 Å². The molecule has 0 aliphatic carbocycles. The molecule has 0 fully saturated rings. The number of carboxylic acids is 2. The standard InChI is InChI=1S/C32H31F2NO6/c1-21-17-27(33)28(34)18-29(21)41-16-4-15-40-25-13-10-22(11-14-25)9-12-23-5-2-7-26-24(6-3-8-30(36)37)19-35(32(23)26)20-31(38)39/h2,5,7,9-14,17-19H,3-4,6,8,15-16,20H2,1H3,(H,36,37)(H,38,39). The summed E-state index contributed by atoms with van der Waals surface area (Å²) >= 11 is 0. The minimum absolute atomic E-state index is 0.0512. The highest BCUT2D eigenvalue weighted by molar-refractivity contribution is 5.94. The van der Waals surface area contributed by atoms with Gasteiger partial charge in [-0.2, -0.15) is 0 Å². The van der Waals surface area contributed by atoms with Crippen molar-refractivity contribution in [3.8, 4) is 11.5 Å². The maximum absolute atomic E-state index is 13.4. The molecule has 0 spiro atoms. The Kier molecular flexibility index (Phi) is 9.73. The summed E-state index contributed by atoms with van der Waals surface area (Å²) in [6, 6.07) is 15.4. The number of fused-ring (bicyclic) bond motifs is 1. The first-order chi connectivity index (χ1) is 19.7. The Labute approximate surface area is 236 Å². The summed E-state index contributed by atoms with van der Waals surface area (Å²) in [6.07, 6.45) is 7.27. The van der Waals surface area contributed by atoms with Crippen molar-refractivity contribution in [3.05, 3.63) is 94.7 Å². The number of nitrogens with zero attached hydrogens (tertiary/aromatic N) is 1. The van der Waals surface area contributed by atoms with Crippen molar-refractivity contribution in [3.63, 3.8) is 0 Å². The first kappa shape index (κ1) is 29.3. The minimum Gasteiger partial charge on any atom is -0.493 e.